The van der Waals surface area contributed by atoms with Crippen LogP contribution in [-0.2, 0) is 4.74 Å². The van der Waals surface area contributed by atoms with E-state index in [2.05, 4.69) is 32.4 Å². The molecule has 4 aromatic rings. The molecule has 1 amide bonds. The van der Waals surface area contributed by atoms with Gasteiger partial charge in [0, 0.05) is 36.5 Å². The maximum absolute atomic E-state index is 12.8. The van der Waals surface area contributed by atoms with E-state index in [1.807, 2.05) is 43.9 Å². The van der Waals surface area contributed by atoms with Gasteiger partial charge in [-0.3, -0.25) is 4.68 Å². The number of nitrogen functional groups attached to an aromatic ring is 1. The third-order valence-electron chi connectivity index (χ3n) is 8.17. The average Bonchev–Trinajstić information content (AvgIpc) is 3.83. The van der Waals surface area contributed by atoms with E-state index in [0.717, 1.165) is 35.0 Å². The number of aliphatic hydroxyl groups is 1. The summed E-state index contributed by atoms with van der Waals surface area (Å²) in [5.74, 6) is 7.03. The second-order valence-electron chi connectivity index (χ2n) is 12.6. The van der Waals surface area contributed by atoms with E-state index in [4.69, 9.17) is 15.6 Å². The number of ether oxygens (including phenoxy) is 1. The molecule has 0 spiro atoms. The van der Waals surface area contributed by atoms with Crippen molar-refractivity contribution in [3.63, 3.8) is 0 Å². The molecule has 2 aliphatic carbocycles. The van der Waals surface area contributed by atoms with Crippen LogP contribution in [0.25, 0.3) is 21.9 Å². The fraction of sp³-hybridized carbons (Fsp3) is 0.484. The Kier molecular flexibility index (Phi) is 5.98. The molecule has 0 bridgehead atoms. The number of carbonyl (C=O) groups excluding carboxylic acids is 1. The molecule has 0 radical (unpaired) electrons. The summed E-state index contributed by atoms with van der Waals surface area (Å²) in [4.78, 5) is 23.5. The molecule has 7 rings (SSSR count). The van der Waals surface area contributed by atoms with Crippen molar-refractivity contribution in [2.45, 2.75) is 76.7 Å². The Hall–Kier alpha value is -4.10. The summed E-state index contributed by atoms with van der Waals surface area (Å²) in [6.07, 6.45) is 7.63. The lowest BCUT2D eigenvalue weighted by atomic mass is 10.0. The van der Waals surface area contributed by atoms with Crippen LogP contribution in [0.15, 0.2) is 30.7 Å². The fourth-order valence-electron chi connectivity index (χ4n) is 5.77. The van der Waals surface area contributed by atoms with Gasteiger partial charge in [0.2, 0.25) is 0 Å². The van der Waals surface area contributed by atoms with Crippen molar-refractivity contribution in [2.24, 2.45) is 5.92 Å². The number of pyridine rings is 1. The number of amides is 1. The van der Waals surface area contributed by atoms with E-state index in [-0.39, 0.29) is 18.1 Å². The van der Waals surface area contributed by atoms with Gasteiger partial charge in [-0.05, 0) is 82.9 Å². The Morgan fingerprint density at radius 2 is 1.93 bits per heavy atom. The minimum atomic E-state index is -0.658. The standard InChI is InChI=1S/C31H35N7O3/c1-31(2,3)41-30(40)36-13-12-21(16-36)38-27-22(28(39)19-6-7-19)15-33-29(32)26(27)23(35-38)10-4-18-5-11-25-24(14-18)34-17-37(25)20-8-9-20/h5,11,14-15,17,19-21,28,39H,6-9,12-13,16H2,1-3H3,(H2,32,33)/t21-,28?/m0/s1. The zero-order chi connectivity index (χ0) is 28.5. The monoisotopic (exact) mass is 553 g/mol. The Morgan fingerprint density at radius 3 is 2.66 bits per heavy atom. The zero-order valence-corrected chi connectivity index (χ0v) is 23.7. The molecule has 3 fully saturated rings. The van der Waals surface area contributed by atoms with Crippen molar-refractivity contribution in [3.8, 4) is 11.8 Å². The van der Waals surface area contributed by atoms with E-state index < -0.39 is 11.7 Å². The SMILES string of the molecule is CC(C)(C)OC(=O)N1CC[C@H](n2nc(C#Cc3ccc4c(c3)ncn4C3CC3)c3c(N)ncc(C(O)C4CC4)c32)C1. The first-order chi connectivity index (χ1) is 19.7. The van der Waals surface area contributed by atoms with Crippen molar-refractivity contribution in [1.82, 2.24) is 29.2 Å². The summed E-state index contributed by atoms with van der Waals surface area (Å²) in [5.41, 5.74) is 10.7. The van der Waals surface area contributed by atoms with E-state index >= 15 is 0 Å². The van der Waals surface area contributed by atoms with E-state index in [9.17, 15) is 9.90 Å². The quantitative estimate of drug-likeness (QED) is 0.350. The van der Waals surface area contributed by atoms with Crippen molar-refractivity contribution in [3.05, 3.63) is 47.5 Å². The predicted molar refractivity (Wildman–Crippen MR) is 155 cm³/mol. The van der Waals surface area contributed by atoms with Crippen LogP contribution in [0, 0.1) is 17.8 Å². The van der Waals surface area contributed by atoms with Crippen LogP contribution in [0.5, 0.6) is 0 Å². The van der Waals surface area contributed by atoms with Gasteiger partial charge in [0.15, 0.2) is 0 Å². The maximum Gasteiger partial charge on any atom is 0.410 e. The van der Waals surface area contributed by atoms with Gasteiger partial charge in [-0.1, -0.05) is 5.92 Å². The van der Waals surface area contributed by atoms with Crippen LogP contribution in [0.2, 0.25) is 0 Å². The summed E-state index contributed by atoms with van der Waals surface area (Å²) in [6.45, 7) is 6.59. The second-order valence-corrected chi connectivity index (χ2v) is 12.6. The van der Waals surface area contributed by atoms with E-state index in [1.165, 1.54) is 12.8 Å². The number of nitrogens with zero attached hydrogens (tertiary/aromatic N) is 6. The second kappa shape index (κ2) is 9.48. The first-order valence-corrected chi connectivity index (χ1v) is 14.5. The largest absolute Gasteiger partial charge is 0.444 e. The highest BCUT2D eigenvalue weighted by Crippen LogP contribution is 2.44. The third-order valence-corrected chi connectivity index (χ3v) is 8.17. The number of benzene rings is 1. The number of hydrogen-bond acceptors (Lipinski definition) is 7. The lowest BCUT2D eigenvalue weighted by Crippen LogP contribution is -2.35. The summed E-state index contributed by atoms with van der Waals surface area (Å²) in [7, 11) is 0. The predicted octanol–water partition coefficient (Wildman–Crippen LogP) is 4.72. The highest BCUT2D eigenvalue weighted by molar-refractivity contribution is 5.95. The molecule has 3 N–H and O–H groups in total. The zero-order valence-electron chi connectivity index (χ0n) is 23.7. The number of aromatic nitrogens is 5. The fourth-order valence-corrected chi connectivity index (χ4v) is 5.77. The molecule has 212 valence electrons. The molecule has 10 heteroatoms. The number of hydrogen-bond donors (Lipinski definition) is 2. The molecule has 1 aromatic carbocycles. The number of likely N-dealkylation sites (tertiary alicyclic amines) is 1. The van der Waals surface area contributed by atoms with Gasteiger partial charge < -0.3 is 25.0 Å². The van der Waals surface area contributed by atoms with Crippen molar-refractivity contribution in [1.29, 1.82) is 0 Å². The van der Waals surface area contributed by atoms with Gasteiger partial charge in [-0.2, -0.15) is 5.10 Å². The molecule has 4 heterocycles. The summed E-state index contributed by atoms with van der Waals surface area (Å²) < 4.78 is 9.76. The maximum atomic E-state index is 12.8. The van der Waals surface area contributed by atoms with Crippen molar-refractivity contribution in [2.75, 3.05) is 18.8 Å². The number of imidazole rings is 1. The van der Waals surface area contributed by atoms with Crippen LogP contribution in [0.4, 0.5) is 10.6 Å². The van der Waals surface area contributed by atoms with E-state index in [0.29, 0.717) is 48.0 Å². The first kappa shape index (κ1) is 25.8. The Balaban J connectivity index is 1.27. The third kappa shape index (κ3) is 4.88. The molecule has 2 saturated carbocycles. The minimum absolute atomic E-state index is 0.115. The average molecular weight is 554 g/mol. The van der Waals surface area contributed by atoms with Crippen LogP contribution in [0.3, 0.4) is 0 Å². The van der Waals surface area contributed by atoms with Crippen LogP contribution >= 0.6 is 0 Å². The van der Waals surface area contributed by atoms with Crippen LogP contribution in [-0.4, -0.2) is 59.1 Å². The van der Waals surface area contributed by atoms with Gasteiger partial charge in [-0.25, -0.2) is 14.8 Å². The summed E-state index contributed by atoms with van der Waals surface area (Å²) in [5, 5.41) is 16.8. The Morgan fingerprint density at radius 1 is 1.12 bits per heavy atom. The topological polar surface area (TPSA) is 124 Å². The summed E-state index contributed by atoms with van der Waals surface area (Å²) >= 11 is 0. The molecule has 1 unspecified atom stereocenters. The number of aliphatic hydroxyl groups excluding tert-OH is 1. The van der Waals surface area contributed by atoms with Crippen molar-refractivity contribution >= 4 is 33.8 Å². The Bertz CT molecular complexity index is 1730. The molecule has 1 saturated heterocycles. The lowest BCUT2D eigenvalue weighted by molar-refractivity contribution is 0.0288. The van der Waals surface area contributed by atoms with Gasteiger partial charge in [0.05, 0.1) is 40.4 Å². The molecule has 10 nitrogen and oxygen atoms in total. The molecule has 1 aliphatic heterocycles. The number of carbonyl (C=O) groups is 1. The smallest absolute Gasteiger partial charge is 0.410 e. The van der Waals surface area contributed by atoms with Gasteiger partial charge >= 0.3 is 6.09 Å². The minimum Gasteiger partial charge on any atom is -0.444 e. The van der Waals surface area contributed by atoms with Crippen LogP contribution in [0.1, 0.15) is 87.9 Å². The molecule has 41 heavy (non-hydrogen) atoms. The molecule has 3 aliphatic rings. The Labute approximate surface area is 238 Å². The molecule has 2 atom stereocenters. The van der Waals surface area contributed by atoms with Gasteiger partial charge in [0.1, 0.15) is 17.1 Å². The highest BCUT2D eigenvalue weighted by Gasteiger charge is 2.37. The molecular formula is C31H35N7O3. The van der Waals surface area contributed by atoms with Gasteiger partial charge in [-0.15, -0.1) is 0 Å². The molecule has 3 aromatic heterocycles. The number of rotatable bonds is 4. The molecular weight excluding hydrogens is 518 g/mol. The van der Waals surface area contributed by atoms with Crippen molar-refractivity contribution < 1.29 is 14.6 Å². The van der Waals surface area contributed by atoms with Gasteiger partial charge in [0.25, 0.3) is 0 Å². The number of fused-ring (bicyclic) bond motifs is 2. The number of nitrogens with two attached hydrogens (primary N) is 1. The van der Waals surface area contributed by atoms with E-state index in [1.54, 1.807) is 11.1 Å². The highest BCUT2D eigenvalue weighted by atomic mass is 16.6. The van der Waals surface area contributed by atoms with Crippen LogP contribution < -0.4 is 5.73 Å². The lowest BCUT2D eigenvalue weighted by Gasteiger charge is -2.24. The normalized spacial score (nSPS) is 19.9. The number of anilines is 1. The summed E-state index contributed by atoms with van der Waals surface area (Å²) in [6, 6.07) is 6.53. The first-order valence-electron chi connectivity index (χ1n) is 14.5.